The van der Waals surface area contributed by atoms with Crippen molar-refractivity contribution < 1.29 is 0 Å². The van der Waals surface area contributed by atoms with Crippen molar-refractivity contribution in [3.05, 3.63) is 84.0 Å². The molecular formula is C28H32N2. The first-order valence-electron chi connectivity index (χ1n) is 11.5. The maximum atomic E-state index is 4.44. The summed E-state index contributed by atoms with van der Waals surface area (Å²) in [4.78, 5) is 4.44. The first-order valence-corrected chi connectivity index (χ1v) is 11.5. The summed E-state index contributed by atoms with van der Waals surface area (Å²) in [6.45, 7) is 10.4. The molecular weight excluding hydrogens is 364 g/mol. The lowest BCUT2D eigenvalue weighted by atomic mass is 9.72. The molecule has 0 aliphatic heterocycles. The minimum absolute atomic E-state index is 0.575. The second-order valence-corrected chi connectivity index (χ2v) is 9.33. The van der Waals surface area contributed by atoms with Crippen LogP contribution in [-0.2, 0) is 0 Å². The summed E-state index contributed by atoms with van der Waals surface area (Å²) < 4.78 is 2.37. The van der Waals surface area contributed by atoms with Crippen molar-refractivity contribution in [1.82, 2.24) is 9.38 Å². The van der Waals surface area contributed by atoms with E-state index in [1.54, 1.807) is 5.56 Å². The van der Waals surface area contributed by atoms with Crippen molar-refractivity contribution in [1.29, 1.82) is 0 Å². The van der Waals surface area contributed by atoms with Gasteiger partial charge < -0.3 is 4.40 Å². The van der Waals surface area contributed by atoms with Gasteiger partial charge in [0.25, 0.3) is 0 Å². The zero-order valence-corrected chi connectivity index (χ0v) is 18.1. The van der Waals surface area contributed by atoms with Crippen LogP contribution in [-0.4, -0.2) is 9.38 Å². The maximum Gasteiger partial charge on any atom is 0.0994 e. The van der Waals surface area contributed by atoms with E-state index in [1.807, 2.05) is 24.7 Å². The molecule has 0 amide bonds. The van der Waals surface area contributed by atoms with Gasteiger partial charge in [-0.1, -0.05) is 56.5 Å². The molecule has 154 valence electrons. The minimum atomic E-state index is 0.575. The molecule has 2 aliphatic rings. The Morgan fingerprint density at radius 2 is 1.67 bits per heavy atom. The van der Waals surface area contributed by atoms with Crippen LogP contribution in [0.3, 0.4) is 0 Å². The Hall–Kier alpha value is -2.61. The van der Waals surface area contributed by atoms with Crippen molar-refractivity contribution in [2.45, 2.75) is 63.2 Å². The van der Waals surface area contributed by atoms with Crippen LogP contribution in [0.4, 0.5) is 0 Å². The van der Waals surface area contributed by atoms with E-state index >= 15 is 0 Å². The predicted octanol–water partition coefficient (Wildman–Crippen LogP) is 7.58. The normalized spacial score (nSPS) is 22.7. The molecule has 0 N–H and O–H groups in total. The lowest BCUT2D eigenvalue weighted by molar-refractivity contribution is 0.286. The van der Waals surface area contributed by atoms with Gasteiger partial charge in [0.1, 0.15) is 0 Å². The molecule has 0 spiro atoms. The smallest absolute Gasteiger partial charge is 0.0994 e. The molecule has 0 saturated heterocycles. The molecule has 2 fully saturated rings. The summed E-state index contributed by atoms with van der Waals surface area (Å²) in [7, 11) is 0. The van der Waals surface area contributed by atoms with Gasteiger partial charge in [0.05, 0.1) is 18.0 Å². The summed E-state index contributed by atoms with van der Waals surface area (Å²) in [5.41, 5.74) is 8.19. The fourth-order valence-electron chi connectivity index (χ4n) is 5.64. The third-order valence-electron chi connectivity index (χ3n) is 7.61. The van der Waals surface area contributed by atoms with Crippen LogP contribution < -0.4 is 0 Å². The van der Waals surface area contributed by atoms with Crippen molar-refractivity contribution >= 4 is 17.7 Å². The highest BCUT2D eigenvalue weighted by Gasteiger charge is 2.33. The van der Waals surface area contributed by atoms with Crippen LogP contribution in [0.1, 0.15) is 91.2 Å². The van der Waals surface area contributed by atoms with E-state index in [1.165, 1.54) is 66.4 Å². The molecule has 0 bridgehead atoms. The van der Waals surface area contributed by atoms with Gasteiger partial charge in [-0.2, -0.15) is 0 Å². The zero-order valence-electron chi connectivity index (χ0n) is 18.1. The van der Waals surface area contributed by atoms with Crippen LogP contribution >= 0.6 is 0 Å². The van der Waals surface area contributed by atoms with Crippen LogP contribution in [0.15, 0.2) is 56.0 Å². The van der Waals surface area contributed by atoms with Crippen LogP contribution in [0.2, 0.25) is 0 Å². The quantitative estimate of drug-likeness (QED) is 0.420. The third-order valence-corrected chi connectivity index (χ3v) is 7.61. The molecule has 1 atom stereocenters. The molecule has 2 heterocycles. The second-order valence-electron chi connectivity index (χ2n) is 9.33. The number of fused-ring (bicyclic) bond motifs is 1. The van der Waals surface area contributed by atoms with E-state index in [-0.39, 0.29) is 0 Å². The Morgan fingerprint density at radius 3 is 2.37 bits per heavy atom. The first kappa shape index (κ1) is 19.4. The molecule has 1 aromatic carbocycles. The Labute approximate surface area is 180 Å². The van der Waals surface area contributed by atoms with Crippen LogP contribution in [0, 0.1) is 5.92 Å². The average Bonchev–Trinajstić information content (AvgIpc) is 3.54. The van der Waals surface area contributed by atoms with Crippen LogP contribution in [0.25, 0.3) is 17.7 Å². The van der Waals surface area contributed by atoms with Gasteiger partial charge in [0.15, 0.2) is 0 Å². The summed E-state index contributed by atoms with van der Waals surface area (Å²) in [5.74, 6) is 2.76. The molecule has 2 aliphatic carbocycles. The Kier molecular flexibility index (Phi) is 5.10. The lowest BCUT2D eigenvalue weighted by Gasteiger charge is -2.34. The topological polar surface area (TPSA) is 17.3 Å². The van der Waals surface area contributed by atoms with Gasteiger partial charge in [-0.05, 0) is 90.5 Å². The fourth-order valence-corrected chi connectivity index (χ4v) is 5.64. The molecule has 30 heavy (non-hydrogen) atoms. The van der Waals surface area contributed by atoms with Crippen molar-refractivity contribution in [2.75, 3.05) is 0 Å². The molecule has 2 aromatic heterocycles. The number of hydrogen-bond acceptors (Lipinski definition) is 1. The van der Waals surface area contributed by atoms with E-state index in [0.29, 0.717) is 11.8 Å². The van der Waals surface area contributed by atoms with Gasteiger partial charge in [0, 0.05) is 5.69 Å². The highest BCUT2D eigenvalue weighted by atomic mass is 15.0. The lowest BCUT2D eigenvalue weighted by Crippen LogP contribution is -2.21. The minimum Gasteiger partial charge on any atom is -0.303 e. The number of hydrogen-bond donors (Lipinski definition) is 0. The molecule has 5 rings (SSSR count). The second kappa shape index (κ2) is 7.91. The van der Waals surface area contributed by atoms with Gasteiger partial charge in [-0.25, -0.2) is 4.98 Å². The maximum absolute atomic E-state index is 4.44. The monoisotopic (exact) mass is 396 g/mol. The van der Waals surface area contributed by atoms with Gasteiger partial charge in [0.2, 0.25) is 0 Å². The Bertz CT molecular complexity index is 1080. The van der Waals surface area contributed by atoms with E-state index in [0.717, 1.165) is 11.8 Å². The molecule has 2 nitrogen and oxygen atoms in total. The molecule has 1 unspecified atom stereocenters. The summed E-state index contributed by atoms with van der Waals surface area (Å²) in [5, 5.41) is 0. The number of pyridine rings is 1. The Balaban J connectivity index is 1.36. The highest BCUT2D eigenvalue weighted by Crippen LogP contribution is 2.47. The average molecular weight is 397 g/mol. The van der Waals surface area contributed by atoms with Gasteiger partial charge in [-0.3, -0.25) is 0 Å². The fraction of sp³-hybridized carbons (Fsp3) is 0.393. The third kappa shape index (κ3) is 3.43. The standard InChI is InChI=1S/C28H32N2/c1-4-20-6-13-25(16-21(20)5-2)23-9-7-22(8-10-23)19(3)28-27(24-11-12-24)15-14-26-17-29-18-30(26)28/h4-6,13-19,22-24H,1-2,7-12H2,3H3. The molecule has 2 saturated carbocycles. The number of rotatable bonds is 6. The van der Waals surface area contributed by atoms with Crippen molar-refractivity contribution in [2.24, 2.45) is 5.92 Å². The van der Waals surface area contributed by atoms with E-state index in [4.69, 9.17) is 0 Å². The van der Waals surface area contributed by atoms with Crippen LogP contribution in [0.5, 0.6) is 0 Å². The Morgan fingerprint density at radius 1 is 0.933 bits per heavy atom. The number of benzene rings is 1. The molecule has 0 radical (unpaired) electrons. The van der Waals surface area contributed by atoms with Gasteiger partial charge >= 0.3 is 0 Å². The summed E-state index contributed by atoms with van der Waals surface area (Å²) in [6, 6.07) is 11.5. The zero-order chi connectivity index (χ0) is 20.7. The van der Waals surface area contributed by atoms with Crippen molar-refractivity contribution in [3.8, 4) is 0 Å². The summed E-state index contributed by atoms with van der Waals surface area (Å²) in [6.07, 6.45) is 15.7. The number of imidazole rings is 1. The molecule has 2 heteroatoms. The number of aromatic nitrogens is 2. The molecule has 3 aromatic rings. The van der Waals surface area contributed by atoms with E-state index in [9.17, 15) is 0 Å². The SMILES string of the molecule is C=Cc1ccc(C2CCC(C(C)c3c(C4CC4)ccc4cncn34)CC2)cc1C=C. The largest absolute Gasteiger partial charge is 0.303 e. The van der Waals surface area contributed by atoms with Gasteiger partial charge in [-0.15, -0.1) is 0 Å². The van der Waals surface area contributed by atoms with Crippen molar-refractivity contribution in [3.63, 3.8) is 0 Å². The summed E-state index contributed by atoms with van der Waals surface area (Å²) >= 11 is 0. The van der Waals surface area contributed by atoms with E-state index in [2.05, 4.69) is 59.8 Å². The highest BCUT2D eigenvalue weighted by molar-refractivity contribution is 5.64. The predicted molar refractivity (Wildman–Crippen MR) is 127 cm³/mol. The van der Waals surface area contributed by atoms with E-state index < -0.39 is 0 Å². The first-order chi connectivity index (χ1) is 14.7. The number of nitrogens with zero attached hydrogens (tertiary/aromatic N) is 2.